The van der Waals surface area contributed by atoms with Crippen molar-refractivity contribution in [2.45, 2.75) is 32.9 Å². The fraction of sp³-hybridized carbons (Fsp3) is 0.533. The lowest BCUT2D eigenvalue weighted by molar-refractivity contribution is -0.130. The first-order valence-corrected chi connectivity index (χ1v) is 6.94. The second kappa shape index (κ2) is 6.95. The Bertz CT molecular complexity index is 467. The lowest BCUT2D eigenvalue weighted by atomic mass is 10.1. The van der Waals surface area contributed by atoms with Crippen molar-refractivity contribution in [1.29, 1.82) is 0 Å². The maximum absolute atomic E-state index is 11.6. The molecule has 0 unspecified atom stereocenters. The van der Waals surface area contributed by atoms with Crippen molar-refractivity contribution < 1.29 is 9.53 Å². The average molecular weight is 299 g/mol. The molecular formula is C15H23ClN2O2. The normalized spacial score (nSPS) is 11.3. The molecule has 0 fully saturated rings. The van der Waals surface area contributed by atoms with E-state index in [-0.39, 0.29) is 18.1 Å². The maximum Gasteiger partial charge on any atom is 0.259 e. The highest BCUT2D eigenvalue weighted by molar-refractivity contribution is 6.32. The van der Waals surface area contributed by atoms with Gasteiger partial charge in [0.2, 0.25) is 0 Å². The lowest BCUT2D eigenvalue weighted by Gasteiger charge is -2.22. The summed E-state index contributed by atoms with van der Waals surface area (Å²) in [7, 11) is 3.39. The largest absolute Gasteiger partial charge is 0.482 e. The number of carbonyl (C=O) groups is 1. The summed E-state index contributed by atoms with van der Waals surface area (Å²) in [6, 6.07) is 5.58. The number of hydrogen-bond donors (Lipinski definition) is 1. The zero-order valence-electron chi connectivity index (χ0n) is 12.8. The van der Waals surface area contributed by atoms with Gasteiger partial charge >= 0.3 is 0 Å². The summed E-state index contributed by atoms with van der Waals surface area (Å²) < 4.78 is 5.59. The van der Waals surface area contributed by atoms with Crippen LogP contribution in [0.4, 0.5) is 0 Å². The van der Waals surface area contributed by atoms with Gasteiger partial charge in [-0.05, 0) is 26.8 Å². The molecule has 20 heavy (non-hydrogen) atoms. The second-order valence-corrected chi connectivity index (χ2v) is 6.32. The van der Waals surface area contributed by atoms with Crippen LogP contribution in [0.1, 0.15) is 26.3 Å². The zero-order chi connectivity index (χ0) is 15.3. The van der Waals surface area contributed by atoms with Crippen LogP contribution in [0, 0.1) is 0 Å². The Morgan fingerprint density at radius 1 is 1.35 bits per heavy atom. The van der Waals surface area contributed by atoms with Crippen molar-refractivity contribution >= 4 is 17.5 Å². The van der Waals surface area contributed by atoms with E-state index in [1.54, 1.807) is 20.2 Å². The molecule has 0 aliphatic carbocycles. The van der Waals surface area contributed by atoms with E-state index < -0.39 is 0 Å². The van der Waals surface area contributed by atoms with E-state index >= 15 is 0 Å². The van der Waals surface area contributed by atoms with Gasteiger partial charge in [0.05, 0.1) is 5.02 Å². The standard InChI is InChI=1S/C15H23ClN2O2/c1-15(2,3)17-9-11-7-6-8-12(16)14(11)20-10-13(19)18(4)5/h6-8,17H,9-10H2,1-5H3. The topological polar surface area (TPSA) is 41.6 Å². The third kappa shape index (κ3) is 5.39. The average Bonchev–Trinajstić information content (AvgIpc) is 2.33. The molecule has 0 radical (unpaired) electrons. The molecule has 1 amide bonds. The molecule has 0 aliphatic rings. The summed E-state index contributed by atoms with van der Waals surface area (Å²) in [5.41, 5.74) is 0.943. The molecule has 0 spiro atoms. The number of carbonyl (C=O) groups excluding carboxylic acids is 1. The number of likely N-dealkylation sites (N-methyl/N-ethyl adjacent to an activating group) is 1. The minimum Gasteiger partial charge on any atom is -0.482 e. The highest BCUT2D eigenvalue weighted by Crippen LogP contribution is 2.29. The molecule has 0 aliphatic heterocycles. The molecule has 1 aromatic carbocycles. The van der Waals surface area contributed by atoms with Gasteiger partial charge in [0.1, 0.15) is 5.75 Å². The Labute approximate surface area is 126 Å². The number of nitrogens with one attached hydrogen (secondary N) is 1. The van der Waals surface area contributed by atoms with Gasteiger partial charge in [-0.2, -0.15) is 0 Å². The number of rotatable bonds is 5. The Balaban J connectivity index is 2.80. The van der Waals surface area contributed by atoms with Crippen LogP contribution in [0.3, 0.4) is 0 Å². The molecule has 0 heterocycles. The Kier molecular flexibility index (Phi) is 5.84. The van der Waals surface area contributed by atoms with Crippen molar-refractivity contribution in [3.05, 3.63) is 28.8 Å². The Morgan fingerprint density at radius 3 is 2.55 bits per heavy atom. The van der Waals surface area contributed by atoms with Gasteiger partial charge in [0.25, 0.3) is 5.91 Å². The third-order valence-electron chi connectivity index (χ3n) is 2.70. The van der Waals surface area contributed by atoms with Crippen molar-refractivity contribution in [2.75, 3.05) is 20.7 Å². The van der Waals surface area contributed by atoms with Crippen LogP contribution >= 0.6 is 11.6 Å². The van der Waals surface area contributed by atoms with Crippen molar-refractivity contribution in [3.8, 4) is 5.75 Å². The van der Waals surface area contributed by atoms with Gasteiger partial charge in [-0.25, -0.2) is 0 Å². The maximum atomic E-state index is 11.6. The van der Waals surface area contributed by atoms with Gasteiger partial charge in [0.15, 0.2) is 6.61 Å². The summed E-state index contributed by atoms with van der Waals surface area (Å²) in [5.74, 6) is 0.473. The molecule has 0 atom stereocenters. The highest BCUT2D eigenvalue weighted by atomic mass is 35.5. The van der Waals surface area contributed by atoms with E-state index in [9.17, 15) is 4.79 Å². The number of para-hydroxylation sites is 1. The molecule has 1 rings (SSSR count). The predicted molar refractivity (Wildman–Crippen MR) is 82.2 cm³/mol. The van der Waals surface area contributed by atoms with Crippen LogP contribution in [-0.4, -0.2) is 37.0 Å². The summed E-state index contributed by atoms with van der Waals surface area (Å²) >= 11 is 6.16. The van der Waals surface area contributed by atoms with E-state index in [4.69, 9.17) is 16.3 Å². The predicted octanol–water partition coefficient (Wildman–Crippen LogP) is 2.70. The molecule has 5 heteroatoms. The Morgan fingerprint density at radius 2 is 2.00 bits per heavy atom. The van der Waals surface area contributed by atoms with E-state index in [1.807, 2.05) is 12.1 Å². The van der Waals surface area contributed by atoms with Gasteiger partial charge in [0, 0.05) is 31.7 Å². The molecule has 1 N–H and O–H groups in total. The van der Waals surface area contributed by atoms with Crippen molar-refractivity contribution in [3.63, 3.8) is 0 Å². The molecule has 0 aromatic heterocycles. The van der Waals surface area contributed by atoms with Gasteiger partial charge in [-0.15, -0.1) is 0 Å². The fourth-order valence-electron chi connectivity index (χ4n) is 1.48. The monoisotopic (exact) mass is 298 g/mol. The number of nitrogens with zero attached hydrogens (tertiary/aromatic N) is 1. The minimum atomic E-state index is -0.0975. The van der Waals surface area contributed by atoms with Gasteiger partial charge < -0.3 is 15.0 Å². The van der Waals surface area contributed by atoms with E-state index in [1.165, 1.54) is 4.90 Å². The Hall–Kier alpha value is -1.26. The zero-order valence-corrected chi connectivity index (χ0v) is 13.5. The van der Waals surface area contributed by atoms with Gasteiger partial charge in [-0.3, -0.25) is 4.79 Å². The van der Waals surface area contributed by atoms with Crippen molar-refractivity contribution in [1.82, 2.24) is 10.2 Å². The number of halogens is 1. The lowest BCUT2D eigenvalue weighted by Crippen LogP contribution is -2.35. The first-order chi connectivity index (χ1) is 9.20. The van der Waals surface area contributed by atoms with Crippen LogP contribution in [0.15, 0.2) is 18.2 Å². The minimum absolute atomic E-state index is 0.000949. The smallest absolute Gasteiger partial charge is 0.259 e. The van der Waals surface area contributed by atoms with E-state index in [0.29, 0.717) is 17.3 Å². The van der Waals surface area contributed by atoms with Gasteiger partial charge in [-0.1, -0.05) is 23.7 Å². The van der Waals surface area contributed by atoms with Crippen LogP contribution < -0.4 is 10.1 Å². The first kappa shape index (κ1) is 16.8. The van der Waals surface area contributed by atoms with Crippen LogP contribution in [0.25, 0.3) is 0 Å². The molecular weight excluding hydrogens is 276 g/mol. The first-order valence-electron chi connectivity index (χ1n) is 6.56. The summed E-state index contributed by atoms with van der Waals surface area (Å²) in [6.45, 7) is 6.89. The van der Waals surface area contributed by atoms with Crippen LogP contribution in [-0.2, 0) is 11.3 Å². The summed E-state index contributed by atoms with van der Waals surface area (Å²) in [5, 5.41) is 3.90. The van der Waals surface area contributed by atoms with Crippen molar-refractivity contribution in [2.24, 2.45) is 0 Å². The molecule has 1 aromatic rings. The van der Waals surface area contributed by atoms with Crippen LogP contribution in [0.2, 0.25) is 5.02 Å². The number of amides is 1. The fourth-order valence-corrected chi connectivity index (χ4v) is 1.73. The summed E-state index contributed by atoms with van der Waals surface area (Å²) in [6.07, 6.45) is 0. The molecule has 0 saturated heterocycles. The molecule has 0 bridgehead atoms. The number of benzene rings is 1. The molecule has 4 nitrogen and oxygen atoms in total. The van der Waals surface area contributed by atoms with E-state index in [2.05, 4.69) is 26.1 Å². The summed E-state index contributed by atoms with van der Waals surface area (Å²) in [4.78, 5) is 13.1. The van der Waals surface area contributed by atoms with Crippen LogP contribution in [0.5, 0.6) is 5.75 Å². The molecule has 112 valence electrons. The SMILES string of the molecule is CN(C)C(=O)COc1c(Cl)cccc1CNC(C)(C)C. The molecule has 0 saturated carbocycles. The highest BCUT2D eigenvalue weighted by Gasteiger charge is 2.14. The second-order valence-electron chi connectivity index (χ2n) is 5.91. The quantitative estimate of drug-likeness (QED) is 0.909. The number of ether oxygens (including phenoxy) is 1. The number of hydrogen-bond acceptors (Lipinski definition) is 3. The third-order valence-corrected chi connectivity index (χ3v) is 2.99. The van der Waals surface area contributed by atoms with E-state index in [0.717, 1.165) is 5.56 Å².